The van der Waals surface area contributed by atoms with Crippen molar-refractivity contribution >= 4 is 17.7 Å². The summed E-state index contributed by atoms with van der Waals surface area (Å²) in [6.07, 6.45) is 5.34. The van der Waals surface area contributed by atoms with Crippen LogP contribution in [0.15, 0.2) is 18.2 Å². The Labute approximate surface area is 123 Å². The molecule has 1 fully saturated rings. The van der Waals surface area contributed by atoms with Crippen LogP contribution in [0.5, 0.6) is 11.5 Å². The van der Waals surface area contributed by atoms with Crippen molar-refractivity contribution in [2.75, 3.05) is 26.0 Å². The molecule has 1 amide bonds. The van der Waals surface area contributed by atoms with Gasteiger partial charge in [0.05, 0.1) is 26.0 Å². The maximum atomic E-state index is 11.8. The second-order valence-corrected chi connectivity index (χ2v) is 5.30. The number of hydrogen-bond donors (Lipinski definition) is 0. The molecule has 1 aliphatic rings. The zero-order chi connectivity index (χ0) is 14.5. The SMILES string of the molecule is C#CCN1C(=O)CSC1c1ccc(OC)c(OCC)c1. The van der Waals surface area contributed by atoms with Gasteiger partial charge in [-0.25, -0.2) is 0 Å². The van der Waals surface area contributed by atoms with Gasteiger partial charge in [-0.3, -0.25) is 4.79 Å². The molecule has 0 radical (unpaired) electrons. The fraction of sp³-hybridized carbons (Fsp3) is 0.400. The summed E-state index contributed by atoms with van der Waals surface area (Å²) in [5.41, 5.74) is 1.00. The number of carbonyl (C=O) groups excluding carboxylic acids is 1. The third-order valence-corrected chi connectivity index (χ3v) is 4.26. The third kappa shape index (κ3) is 2.86. The van der Waals surface area contributed by atoms with E-state index in [-0.39, 0.29) is 11.3 Å². The Morgan fingerprint density at radius 1 is 1.50 bits per heavy atom. The first-order chi connectivity index (χ1) is 9.71. The van der Waals surface area contributed by atoms with Crippen LogP contribution in [0.3, 0.4) is 0 Å². The van der Waals surface area contributed by atoms with Crippen LogP contribution in [-0.2, 0) is 4.79 Å². The largest absolute Gasteiger partial charge is 0.493 e. The Kier molecular flexibility index (Phi) is 4.80. The van der Waals surface area contributed by atoms with Crippen LogP contribution >= 0.6 is 11.8 Å². The number of thioether (sulfide) groups is 1. The first-order valence-corrected chi connectivity index (χ1v) is 7.41. The number of hydrogen-bond acceptors (Lipinski definition) is 4. The zero-order valence-corrected chi connectivity index (χ0v) is 12.4. The molecule has 2 rings (SSSR count). The Morgan fingerprint density at radius 2 is 2.30 bits per heavy atom. The summed E-state index contributed by atoms with van der Waals surface area (Å²) in [6, 6.07) is 5.72. The first-order valence-electron chi connectivity index (χ1n) is 6.36. The van der Waals surface area contributed by atoms with Crippen LogP contribution in [0.2, 0.25) is 0 Å². The van der Waals surface area contributed by atoms with Gasteiger partial charge < -0.3 is 14.4 Å². The van der Waals surface area contributed by atoms with E-state index < -0.39 is 0 Å². The average Bonchev–Trinajstić information content (AvgIpc) is 2.81. The van der Waals surface area contributed by atoms with Gasteiger partial charge in [0.15, 0.2) is 11.5 Å². The molecule has 1 unspecified atom stereocenters. The lowest BCUT2D eigenvalue weighted by Gasteiger charge is -2.22. The van der Waals surface area contributed by atoms with E-state index in [2.05, 4.69) is 5.92 Å². The van der Waals surface area contributed by atoms with Gasteiger partial charge in [-0.1, -0.05) is 12.0 Å². The molecule has 0 spiro atoms. The molecule has 0 bridgehead atoms. The maximum Gasteiger partial charge on any atom is 0.234 e. The van der Waals surface area contributed by atoms with E-state index in [1.807, 2.05) is 25.1 Å². The number of ether oxygens (including phenoxy) is 2. The van der Waals surface area contributed by atoms with E-state index in [0.29, 0.717) is 30.4 Å². The Morgan fingerprint density at radius 3 is 2.95 bits per heavy atom. The van der Waals surface area contributed by atoms with Crippen molar-refractivity contribution in [3.63, 3.8) is 0 Å². The quantitative estimate of drug-likeness (QED) is 0.780. The lowest BCUT2D eigenvalue weighted by Crippen LogP contribution is -2.28. The van der Waals surface area contributed by atoms with Crippen LogP contribution < -0.4 is 9.47 Å². The molecule has 1 aliphatic heterocycles. The Balaban J connectivity index is 2.30. The van der Waals surface area contributed by atoms with E-state index in [9.17, 15) is 4.79 Å². The van der Waals surface area contributed by atoms with Crippen LogP contribution in [-0.4, -0.2) is 36.8 Å². The molecule has 20 heavy (non-hydrogen) atoms. The number of terminal acetylenes is 1. The smallest absolute Gasteiger partial charge is 0.234 e. The molecule has 4 nitrogen and oxygen atoms in total. The molecular weight excluding hydrogens is 274 g/mol. The zero-order valence-electron chi connectivity index (χ0n) is 11.6. The van der Waals surface area contributed by atoms with Crippen molar-refractivity contribution in [2.45, 2.75) is 12.3 Å². The summed E-state index contributed by atoms with van der Waals surface area (Å²) in [7, 11) is 1.61. The fourth-order valence-electron chi connectivity index (χ4n) is 2.11. The van der Waals surface area contributed by atoms with E-state index in [1.165, 1.54) is 0 Å². The lowest BCUT2D eigenvalue weighted by molar-refractivity contribution is -0.127. The minimum absolute atomic E-state index is 0.0522. The van der Waals surface area contributed by atoms with Gasteiger partial charge in [0.2, 0.25) is 5.91 Å². The van der Waals surface area contributed by atoms with Crippen LogP contribution in [0.25, 0.3) is 0 Å². The standard InChI is InChI=1S/C15H17NO3S/c1-4-8-16-14(17)10-20-15(16)11-6-7-12(18-3)13(9-11)19-5-2/h1,6-7,9,15H,5,8,10H2,2-3H3. The highest BCUT2D eigenvalue weighted by Crippen LogP contribution is 2.41. The third-order valence-electron chi connectivity index (χ3n) is 3.00. The second kappa shape index (κ2) is 6.58. The molecule has 1 aromatic rings. The summed E-state index contributed by atoms with van der Waals surface area (Å²) in [5, 5.41) is -0.0522. The normalized spacial score (nSPS) is 17.9. The highest BCUT2D eigenvalue weighted by Gasteiger charge is 2.32. The van der Waals surface area contributed by atoms with E-state index in [0.717, 1.165) is 5.56 Å². The van der Waals surface area contributed by atoms with Crippen molar-refractivity contribution < 1.29 is 14.3 Å². The minimum Gasteiger partial charge on any atom is -0.493 e. The highest BCUT2D eigenvalue weighted by atomic mass is 32.2. The lowest BCUT2D eigenvalue weighted by atomic mass is 10.2. The molecule has 1 atom stereocenters. The summed E-state index contributed by atoms with van der Waals surface area (Å²) >= 11 is 1.58. The molecule has 1 aromatic carbocycles. The Hall–Kier alpha value is -1.80. The van der Waals surface area contributed by atoms with Gasteiger partial charge in [-0.05, 0) is 24.6 Å². The van der Waals surface area contributed by atoms with Gasteiger partial charge in [-0.2, -0.15) is 0 Å². The molecule has 0 aliphatic carbocycles. The van der Waals surface area contributed by atoms with Gasteiger partial charge in [0.25, 0.3) is 0 Å². The van der Waals surface area contributed by atoms with Crippen molar-refractivity contribution in [3.8, 4) is 23.8 Å². The van der Waals surface area contributed by atoms with Gasteiger partial charge in [0, 0.05) is 0 Å². The predicted molar refractivity (Wildman–Crippen MR) is 79.9 cm³/mol. The number of benzene rings is 1. The van der Waals surface area contributed by atoms with Crippen molar-refractivity contribution in [2.24, 2.45) is 0 Å². The number of rotatable bonds is 5. The first kappa shape index (κ1) is 14.6. The highest BCUT2D eigenvalue weighted by molar-refractivity contribution is 8.00. The minimum atomic E-state index is -0.0522. The van der Waals surface area contributed by atoms with Gasteiger partial charge in [-0.15, -0.1) is 18.2 Å². The Bertz CT molecular complexity index is 538. The number of amides is 1. The summed E-state index contributed by atoms with van der Waals surface area (Å²) in [4.78, 5) is 13.5. The second-order valence-electron chi connectivity index (χ2n) is 4.23. The van der Waals surface area contributed by atoms with E-state index in [1.54, 1.807) is 23.8 Å². The summed E-state index contributed by atoms with van der Waals surface area (Å²) in [5.74, 6) is 4.45. The molecule has 1 saturated heterocycles. The van der Waals surface area contributed by atoms with Crippen LogP contribution in [0.1, 0.15) is 17.9 Å². The van der Waals surface area contributed by atoms with E-state index >= 15 is 0 Å². The topological polar surface area (TPSA) is 38.8 Å². The van der Waals surface area contributed by atoms with Crippen LogP contribution in [0, 0.1) is 12.3 Å². The molecule has 0 aromatic heterocycles. The molecular formula is C15H17NO3S. The monoisotopic (exact) mass is 291 g/mol. The van der Waals surface area contributed by atoms with Crippen LogP contribution in [0.4, 0.5) is 0 Å². The average molecular weight is 291 g/mol. The summed E-state index contributed by atoms with van der Waals surface area (Å²) < 4.78 is 10.8. The van der Waals surface area contributed by atoms with Crippen molar-refractivity contribution in [1.82, 2.24) is 4.90 Å². The molecule has 0 N–H and O–H groups in total. The number of methoxy groups -OCH3 is 1. The molecule has 5 heteroatoms. The predicted octanol–water partition coefficient (Wildman–Crippen LogP) is 2.30. The number of nitrogens with zero attached hydrogens (tertiary/aromatic N) is 1. The molecule has 106 valence electrons. The van der Waals surface area contributed by atoms with Gasteiger partial charge in [0.1, 0.15) is 5.37 Å². The van der Waals surface area contributed by atoms with Crippen molar-refractivity contribution in [3.05, 3.63) is 23.8 Å². The van der Waals surface area contributed by atoms with E-state index in [4.69, 9.17) is 15.9 Å². The molecule has 0 saturated carbocycles. The van der Waals surface area contributed by atoms with Crippen molar-refractivity contribution in [1.29, 1.82) is 0 Å². The maximum absolute atomic E-state index is 11.8. The fourth-order valence-corrected chi connectivity index (χ4v) is 3.29. The number of carbonyl (C=O) groups is 1. The molecule has 1 heterocycles. The van der Waals surface area contributed by atoms with Gasteiger partial charge >= 0.3 is 0 Å². The summed E-state index contributed by atoms with van der Waals surface area (Å²) in [6.45, 7) is 2.81.